The van der Waals surface area contributed by atoms with Gasteiger partial charge in [0.05, 0.1) is 11.0 Å². The molecular weight excluding hydrogens is 276 g/mol. The topological polar surface area (TPSA) is 28.7 Å². The van der Waals surface area contributed by atoms with E-state index in [-0.39, 0.29) is 5.41 Å². The van der Waals surface area contributed by atoms with Gasteiger partial charge in [-0.2, -0.15) is 0 Å². The monoisotopic (exact) mass is 292 g/mol. The van der Waals surface area contributed by atoms with Gasteiger partial charge in [0.2, 0.25) is 0 Å². The molecule has 90 valence electrons. The largest absolute Gasteiger partial charge is 0.341 e. The van der Waals surface area contributed by atoms with Crippen molar-refractivity contribution >= 4 is 27.0 Å². The van der Waals surface area contributed by atoms with Crippen molar-refractivity contribution in [1.29, 1.82) is 0 Å². The zero-order valence-electron chi connectivity index (χ0n) is 10.3. The minimum atomic E-state index is 0.262. The van der Waals surface area contributed by atoms with Crippen molar-refractivity contribution in [1.82, 2.24) is 9.97 Å². The Balaban J connectivity index is 2.16. The maximum Gasteiger partial charge on any atom is 0.113 e. The van der Waals surface area contributed by atoms with Crippen LogP contribution in [0.3, 0.4) is 0 Å². The van der Waals surface area contributed by atoms with Crippen LogP contribution in [0.4, 0.5) is 0 Å². The van der Waals surface area contributed by atoms with E-state index in [0.29, 0.717) is 0 Å². The fourth-order valence-corrected chi connectivity index (χ4v) is 3.50. The number of halogens is 1. The molecule has 2 nitrogen and oxygen atoms in total. The minimum Gasteiger partial charge on any atom is -0.341 e. The lowest BCUT2D eigenvalue weighted by Crippen LogP contribution is -2.18. The highest BCUT2D eigenvalue weighted by Crippen LogP contribution is 2.40. The van der Waals surface area contributed by atoms with Gasteiger partial charge >= 0.3 is 0 Å². The van der Waals surface area contributed by atoms with E-state index in [1.807, 2.05) is 0 Å². The van der Waals surface area contributed by atoms with Crippen molar-refractivity contribution < 1.29 is 0 Å². The third-order valence-electron chi connectivity index (χ3n) is 4.02. The smallest absolute Gasteiger partial charge is 0.113 e. The van der Waals surface area contributed by atoms with Crippen LogP contribution in [0.1, 0.15) is 44.0 Å². The summed E-state index contributed by atoms with van der Waals surface area (Å²) >= 11 is 3.54. The number of nitrogens with zero attached hydrogens (tertiary/aromatic N) is 1. The van der Waals surface area contributed by atoms with Crippen LogP contribution in [-0.2, 0) is 5.41 Å². The molecule has 1 saturated carbocycles. The van der Waals surface area contributed by atoms with Crippen LogP contribution in [-0.4, -0.2) is 9.97 Å². The molecule has 3 rings (SSSR count). The lowest BCUT2D eigenvalue weighted by molar-refractivity contribution is 0.465. The fraction of sp³-hybridized carbons (Fsp3) is 0.500. The Morgan fingerprint density at radius 1 is 1.29 bits per heavy atom. The SMILES string of the molecule is Cc1cc(Br)cc2[nH]c(C3(C)CCCC3)nc12. The molecule has 0 spiro atoms. The maximum absolute atomic E-state index is 4.83. The van der Waals surface area contributed by atoms with Gasteiger partial charge in [-0.1, -0.05) is 35.7 Å². The highest BCUT2D eigenvalue weighted by Gasteiger charge is 2.33. The molecule has 0 saturated heterocycles. The molecule has 0 unspecified atom stereocenters. The average Bonchev–Trinajstić information content (AvgIpc) is 2.84. The van der Waals surface area contributed by atoms with Crippen molar-refractivity contribution in [2.24, 2.45) is 0 Å². The molecule has 1 aromatic carbocycles. The number of rotatable bonds is 1. The Kier molecular flexibility index (Phi) is 2.54. The van der Waals surface area contributed by atoms with E-state index in [9.17, 15) is 0 Å². The number of aromatic amines is 1. The van der Waals surface area contributed by atoms with Crippen LogP contribution in [0.2, 0.25) is 0 Å². The van der Waals surface area contributed by atoms with Crippen molar-refractivity contribution in [3.8, 4) is 0 Å². The summed E-state index contributed by atoms with van der Waals surface area (Å²) in [4.78, 5) is 8.35. The number of nitrogens with one attached hydrogen (secondary N) is 1. The van der Waals surface area contributed by atoms with Gasteiger partial charge in [-0.25, -0.2) is 4.98 Å². The highest BCUT2D eigenvalue weighted by molar-refractivity contribution is 9.10. The molecule has 2 aromatic rings. The number of H-pyrrole nitrogens is 1. The molecule has 0 amide bonds. The van der Waals surface area contributed by atoms with E-state index in [1.165, 1.54) is 37.1 Å². The third-order valence-corrected chi connectivity index (χ3v) is 4.48. The zero-order chi connectivity index (χ0) is 12.0. The first-order valence-electron chi connectivity index (χ1n) is 6.25. The first-order valence-corrected chi connectivity index (χ1v) is 7.04. The van der Waals surface area contributed by atoms with E-state index in [2.05, 4.69) is 46.9 Å². The molecule has 1 aliphatic carbocycles. The first-order chi connectivity index (χ1) is 8.08. The Labute approximate surface area is 110 Å². The summed E-state index contributed by atoms with van der Waals surface area (Å²) in [5.41, 5.74) is 3.77. The summed E-state index contributed by atoms with van der Waals surface area (Å²) in [5, 5.41) is 0. The summed E-state index contributed by atoms with van der Waals surface area (Å²) < 4.78 is 1.12. The molecule has 1 fully saturated rings. The Morgan fingerprint density at radius 3 is 2.71 bits per heavy atom. The lowest BCUT2D eigenvalue weighted by Gasteiger charge is -2.19. The number of fused-ring (bicyclic) bond motifs is 1. The summed E-state index contributed by atoms with van der Waals surface area (Å²) in [6.07, 6.45) is 5.17. The average molecular weight is 293 g/mol. The molecule has 0 bridgehead atoms. The van der Waals surface area contributed by atoms with Crippen LogP contribution in [0.5, 0.6) is 0 Å². The number of hydrogen-bond donors (Lipinski definition) is 1. The Hall–Kier alpha value is -0.830. The molecular formula is C14H17BrN2. The number of imidazole rings is 1. The van der Waals surface area contributed by atoms with Crippen molar-refractivity contribution in [3.05, 3.63) is 28.0 Å². The van der Waals surface area contributed by atoms with E-state index in [1.54, 1.807) is 0 Å². The first kappa shape index (κ1) is 11.3. The third kappa shape index (κ3) is 1.81. The van der Waals surface area contributed by atoms with Crippen LogP contribution in [0.25, 0.3) is 11.0 Å². The van der Waals surface area contributed by atoms with E-state index in [0.717, 1.165) is 15.5 Å². The molecule has 0 radical (unpaired) electrons. The van der Waals surface area contributed by atoms with E-state index < -0.39 is 0 Å². The van der Waals surface area contributed by atoms with Gasteiger partial charge in [-0.3, -0.25) is 0 Å². The Morgan fingerprint density at radius 2 is 2.00 bits per heavy atom. The standard InChI is InChI=1S/C14H17BrN2/c1-9-7-10(15)8-11-12(9)17-13(16-11)14(2)5-3-4-6-14/h7-8H,3-6H2,1-2H3,(H,16,17). The van der Waals surface area contributed by atoms with Crippen molar-refractivity contribution in [2.45, 2.75) is 44.9 Å². The van der Waals surface area contributed by atoms with Gasteiger partial charge < -0.3 is 4.98 Å². The van der Waals surface area contributed by atoms with Gasteiger partial charge in [0.1, 0.15) is 5.82 Å². The van der Waals surface area contributed by atoms with Gasteiger partial charge in [0.15, 0.2) is 0 Å². The predicted octanol–water partition coefficient (Wildman–Crippen LogP) is 4.47. The summed E-state index contributed by atoms with van der Waals surface area (Å²) in [7, 11) is 0. The molecule has 1 heterocycles. The summed E-state index contributed by atoms with van der Waals surface area (Å²) in [5.74, 6) is 1.17. The Bertz CT molecular complexity index is 565. The number of aromatic nitrogens is 2. The highest BCUT2D eigenvalue weighted by atomic mass is 79.9. The molecule has 1 aliphatic rings. The second-order valence-electron chi connectivity index (χ2n) is 5.47. The van der Waals surface area contributed by atoms with Gasteiger partial charge in [-0.05, 0) is 37.5 Å². The normalized spacial score (nSPS) is 19.0. The van der Waals surface area contributed by atoms with Crippen LogP contribution in [0, 0.1) is 6.92 Å². The number of benzene rings is 1. The van der Waals surface area contributed by atoms with Gasteiger partial charge in [0.25, 0.3) is 0 Å². The molecule has 0 aliphatic heterocycles. The van der Waals surface area contributed by atoms with Crippen molar-refractivity contribution in [3.63, 3.8) is 0 Å². The summed E-state index contributed by atoms with van der Waals surface area (Å²) in [6, 6.07) is 4.25. The molecule has 17 heavy (non-hydrogen) atoms. The molecule has 0 atom stereocenters. The summed E-state index contributed by atoms with van der Waals surface area (Å²) in [6.45, 7) is 4.46. The molecule has 3 heteroatoms. The van der Waals surface area contributed by atoms with E-state index in [4.69, 9.17) is 4.98 Å². The van der Waals surface area contributed by atoms with Crippen LogP contribution in [0.15, 0.2) is 16.6 Å². The number of hydrogen-bond acceptors (Lipinski definition) is 1. The predicted molar refractivity (Wildman–Crippen MR) is 74.4 cm³/mol. The van der Waals surface area contributed by atoms with E-state index >= 15 is 0 Å². The fourth-order valence-electron chi connectivity index (χ4n) is 2.92. The number of aryl methyl sites for hydroxylation is 1. The van der Waals surface area contributed by atoms with Crippen molar-refractivity contribution in [2.75, 3.05) is 0 Å². The molecule has 1 aromatic heterocycles. The lowest BCUT2D eigenvalue weighted by atomic mass is 9.88. The second-order valence-corrected chi connectivity index (χ2v) is 6.39. The minimum absolute atomic E-state index is 0.262. The van der Waals surface area contributed by atoms with Crippen LogP contribution >= 0.6 is 15.9 Å². The quantitative estimate of drug-likeness (QED) is 0.826. The van der Waals surface area contributed by atoms with Gasteiger partial charge in [-0.15, -0.1) is 0 Å². The second kappa shape index (κ2) is 3.84. The zero-order valence-corrected chi connectivity index (χ0v) is 11.9. The van der Waals surface area contributed by atoms with Gasteiger partial charge in [0, 0.05) is 9.89 Å². The maximum atomic E-state index is 4.83. The molecule has 1 N–H and O–H groups in total. The van der Waals surface area contributed by atoms with Crippen LogP contribution < -0.4 is 0 Å².